The molecule has 0 saturated carbocycles. The number of carboxylic acids is 1. The molecule has 0 unspecified atom stereocenters. The molecule has 134 valence electrons. The van der Waals surface area contributed by atoms with Crippen LogP contribution in [0.4, 0.5) is 0 Å². The van der Waals surface area contributed by atoms with Gasteiger partial charge >= 0.3 is 5.97 Å². The van der Waals surface area contributed by atoms with Crippen LogP contribution >= 0.6 is 0 Å². The summed E-state index contributed by atoms with van der Waals surface area (Å²) in [5.74, 6) is -1.68. The average molecular weight is 373 g/mol. The molecule has 2 aromatic heterocycles. The monoisotopic (exact) mass is 373 g/mol. The minimum atomic E-state index is -3.76. The maximum absolute atomic E-state index is 12.6. The molecule has 2 heterocycles. The molecule has 3 aromatic rings. The van der Waals surface area contributed by atoms with E-state index in [1.54, 1.807) is 12.1 Å². The molecular formula is C18H15NO6S. The molecule has 3 rings (SSSR count). The first-order valence-electron chi connectivity index (χ1n) is 7.52. The molecule has 0 aliphatic heterocycles. The first kappa shape index (κ1) is 17.7. The highest BCUT2D eigenvalue weighted by Crippen LogP contribution is 2.36. The standard InChI is InChI=1S/C18H15NO6S/c1-24-17-15(12-6-8-25-10-12)5-4-13(16(17)18(20)21)11-26(22,23)14-3-2-7-19-9-14/h2-10H,11H2,1H3,(H,20,21). The van der Waals surface area contributed by atoms with Gasteiger partial charge in [0, 0.05) is 23.5 Å². The Kier molecular flexibility index (Phi) is 4.77. The van der Waals surface area contributed by atoms with Gasteiger partial charge in [-0.05, 0) is 23.8 Å². The first-order valence-corrected chi connectivity index (χ1v) is 9.18. The van der Waals surface area contributed by atoms with E-state index in [1.807, 2.05) is 0 Å². The third kappa shape index (κ3) is 3.31. The Bertz CT molecular complexity index is 1030. The maximum Gasteiger partial charge on any atom is 0.339 e. The number of aromatic carboxylic acids is 1. The molecular weight excluding hydrogens is 358 g/mol. The van der Waals surface area contributed by atoms with Gasteiger partial charge in [0.15, 0.2) is 9.84 Å². The van der Waals surface area contributed by atoms with Crippen molar-refractivity contribution in [2.45, 2.75) is 10.6 Å². The lowest BCUT2D eigenvalue weighted by Crippen LogP contribution is -2.12. The van der Waals surface area contributed by atoms with E-state index in [1.165, 1.54) is 50.2 Å². The van der Waals surface area contributed by atoms with Gasteiger partial charge in [-0.15, -0.1) is 0 Å². The predicted octanol–water partition coefficient (Wildman–Crippen LogP) is 3.02. The van der Waals surface area contributed by atoms with Crippen molar-refractivity contribution in [1.82, 2.24) is 4.98 Å². The summed E-state index contributed by atoms with van der Waals surface area (Å²) >= 11 is 0. The van der Waals surface area contributed by atoms with Crippen molar-refractivity contribution in [2.24, 2.45) is 0 Å². The van der Waals surface area contributed by atoms with Gasteiger partial charge < -0.3 is 14.3 Å². The number of nitrogens with zero attached hydrogens (tertiary/aromatic N) is 1. The molecule has 0 saturated heterocycles. The van der Waals surface area contributed by atoms with Crippen LogP contribution in [0.5, 0.6) is 5.75 Å². The van der Waals surface area contributed by atoms with E-state index in [2.05, 4.69) is 4.98 Å². The molecule has 0 amide bonds. The average Bonchev–Trinajstić information content (AvgIpc) is 3.15. The molecule has 1 aromatic carbocycles. The molecule has 26 heavy (non-hydrogen) atoms. The number of ether oxygens (including phenoxy) is 1. The molecule has 7 nitrogen and oxygen atoms in total. The number of benzene rings is 1. The fraction of sp³-hybridized carbons (Fsp3) is 0.111. The van der Waals surface area contributed by atoms with Gasteiger partial charge in [-0.3, -0.25) is 4.98 Å². The van der Waals surface area contributed by atoms with Crippen LogP contribution in [0.25, 0.3) is 11.1 Å². The molecule has 0 fully saturated rings. The predicted molar refractivity (Wildman–Crippen MR) is 92.8 cm³/mol. The number of carboxylic acid groups (broad SMARTS) is 1. The van der Waals surface area contributed by atoms with Crippen molar-refractivity contribution in [2.75, 3.05) is 7.11 Å². The van der Waals surface area contributed by atoms with Crippen molar-refractivity contribution < 1.29 is 27.5 Å². The summed E-state index contributed by atoms with van der Waals surface area (Å²) < 4.78 is 35.5. The third-order valence-electron chi connectivity index (χ3n) is 3.83. The van der Waals surface area contributed by atoms with E-state index in [-0.39, 0.29) is 21.8 Å². The third-order valence-corrected chi connectivity index (χ3v) is 5.48. The van der Waals surface area contributed by atoms with Crippen molar-refractivity contribution in [3.8, 4) is 16.9 Å². The fourth-order valence-electron chi connectivity index (χ4n) is 2.65. The van der Waals surface area contributed by atoms with E-state index in [9.17, 15) is 18.3 Å². The molecule has 0 radical (unpaired) electrons. The van der Waals surface area contributed by atoms with E-state index < -0.39 is 21.6 Å². The lowest BCUT2D eigenvalue weighted by Gasteiger charge is -2.15. The van der Waals surface area contributed by atoms with Crippen molar-refractivity contribution in [1.29, 1.82) is 0 Å². The number of pyridine rings is 1. The molecule has 0 aliphatic carbocycles. The summed E-state index contributed by atoms with van der Waals surface area (Å²) in [7, 11) is -2.42. The Hall–Kier alpha value is -3.13. The smallest absolute Gasteiger partial charge is 0.339 e. The van der Waals surface area contributed by atoms with Crippen LogP contribution in [0.2, 0.25) is 0 Å². The summed E-state index contributed by atoms with van der Waals surface area (Å²) in [6.45, 7) is 0. The largest absolute Gasteiger partial charge is 0.495 e. The molecule has 8 heteroatoms. The zero-order chi connectivity index (χ0) is 18.7. The number of furan rings is 1. The topological polar surface area (TPSA) is 107 Å². The summed E-state index contributed by atoms with van der Waals surface area (Å²) in [6.07, 6.45) is 5.60. The quantitative estimate of drug-likeness (QED) is 0.708. The van der Waals surface area contributed by atoms with Crippen LogP contribution in [0, 0.1) is 0 Å². The van der Waals surface area contributed by atoms with Crippen LogP contribution in [-0.2, 0) is 15.6 Å². The number of methoxy groups -OCH3 is 1. The molecule has 0 bridgehead atoms. The number of sulfone groups is 1. The molecule has 1 N–H and O–H groups in total. The summed E-state index contributed by atoms with van der Waals surface area (Å²) in [5, 5.41) is 9.66. The van der Waals surface area contributed by atoms with Crippen molar-refractivity contribution >= 4 is 15.8 Å². The summed E-state index contributed by atoms with van der Waals surface area (Å²) in [5.41, 5.74) is 1.07. The van der Waals surface area contributed by atoms with Crippen LogP contribution < -0.4 is 4.74 Å². The van der Waals surface area contributed by atoms with Gasteiger partial charge in [0.05, 0.1) is 30.3 Å². The minimum Gasteiger partial charge on any atom is -0.495 e. The second-order valence-corrected chi connectivity index (χ2v) is 7.44. The normalized spacial score (nSPS) is 11.3. The first-order chi connectivity index (χ1) is 12.4. The Balaban J connectivity index is 2.12. The van der Waals surface area contributed by atoms with E-state index in [0.29, 0.717) is 11.1 Å². The van der Waals surface area contributed by atoms with Gasteiger partial charge in [0.25, 0.3) is 0 Å². The lowest BCUT2D eigenvalue weighted by molar-refractivity contribution is 0.0692. The van der Waals surface area contributed by atoms with Gasteiger partial charge in [-0.2, -0.15) is 0 Å². The molecule has 0 aliphatic rings. The molecule has 0 spiro atoms. The fourth-order valence-corrected chi connectivity index (χ4v) is 3.98. The van der Waals surface area contributed by atoms with E-state index in [0.717, 1.165) is 0 Å². The Morgan fingerprint density at radius 2 is 2.08 bits per heavy atom. The van der Waals surface area contributed by atoms with E-state index >= 15 is 0 Å². The number of hydrogen-bond acceptors (Lipinski definition) is 6. The van der Waals surface area contributed by atoms with Gasteiger partial charge in [0.2, 0.25) is 0 Å². The SMILES string of the molecule is COc1c(-c2ccoc2)ccc(CS(=O)(=O)c2cccnc2)c1C(=O)O. The number of carbonyl (C=O) groups is 1. The Labute approximate surface area is 149 Å². The Morgan fingerprint density at radius 1 is 1.27 bits per heavy atom. The number of aromatic nitrogens is 1. The van der Waals surface area contributed by atoms with Crippen molar-refractivity contribution in [3.05, 3.63) is 66.4 Å². The highest BCUT2D eigenvalue weighted by Gasteiger charge is 2.25. The zero-order valence-corrected chi connectivity index (χ0v) is 14.6. The van der Waals surface area contributed by atoms with Gasteiger partial charge in [0.1, 0.15) is 11.3 Å². The minimum absolute atomic E-state index is 0.0224. The van der Waals surface area contributed by atoms with Crippen LogP contribution in [0.3, 0.4) is 0 Å². The van der Waals surface area contributed by atoms with Crippen LogP contribution in [0.15, 0.2) is 64.6 Å². The lowest BCUT2D eigenvalue weighted by atomic mass is 9.99. The highest BCUT2D eigenvalue weighted by molar-refractivity contribution is 7.90. The summed E-state index contributed by atoms with van der Waals surface area (Å²) in [4.78, 5) is 15.7. The molecule has 0 atom stereocenters. The zero-order valence-electron chi connectivity index (χ0n) is 13.7. The highest BCUT2D eigenvalue weighted by atomic mass is 32.2. The second-order valence-electron chi connectivity index (χ2n) is 5.45. The van der Waals surface area contributed by atoms with Gasteiger partial charge in [-0.25, -0.2) is 13.2 Å². The number of hydrogen-bond donors (Lipinski definition) is 1. The van der Waals surface area contributed by atoms with Crippen LogP contribution in [0.1, 0.15) is 15.9 Å². The van der Waals surface area contributed by atoms with E-state index in [4.69, 9.17) is 9.15 Å². The van der Waals surface area contributed by atoms with Gasteiger partial charge in [-0.1, -0.05) is 12.1 Å². The summed E-state index contributed by atoms with van der Waals surface area (Å²) in [6, 6.07) is 7.68. The number of rotatable bonds is 6. The maximum atomic E-state index is 12.6. The second kappa shape index (κ2) is 7.01. The Morgan fingerprint density at radius 3 is 2.65 bits per heavy atom. The van der Waals surface area contributed by atoms with Crippen LogP contribution in [-0.4, -0.2) is 31.6 Å². The van der Waals surface area contributed by atoms with Crippen molar-refractivity contribution in [3.63, 3.8) is 0 Å².